The molecule has 0 atom stereocenters. The van der Waals surface area contributed by atoms with Gasteiger partial charge in [0, 0.05) is 5.56 Å². The summed E-state index contributed by atoms with van der Waals surface area (Å²) in [4.78, 5) is 0. The predicted octanol–water partition coefficient (Wildman–Crippen LogP) is 4.42. The largest absolute Gasteiger partial charge is 0.115 e. The zero-order valence-corrected chi connectivity index (χ0v) is 9.96. The molecule has 2 aromatic carbocycles. The molecule has 0 saturated carbocycles. The zero-order valence-electron chi connectivity index (χ0n) is 9.96. The van der Waals surface area contributed by atoms with E-state index in [9.17, 15) is 0 Å². The normalized spacial score (nSPS) is 9.88. The molecule has 82 valence electrons. The van der Waals surface area contributed by atoms with Gasteiger partial charge >= 0.3 is 0 Å². The maximum Gasteiger partial charge on any atom is 0.0399 e. The van der Waals surface area contributed by atoms with Crippen LogP contribution >= 0.6 is 0 Å². The van der Waals surface area contributed by atoms with Gasteiger partial charge in [0.2, 0.25) is 0 Å². The van der Waals surface area contributed by atoms with Gasteiger partial charge in [0.15, 0.2) is 0 Å². The van der Waals surface area contributed by atoms with Gasteiger partial charge in [-0.25, -0.2) is 0 Å². The zero-order chi connectivity index (χ0) is 12.4. The summed E-state index contributed by atoms with van der Waals surface area (Å²) in [6, 6.07) is 8.17. The van der Waals surface area contributed by atoms with E-state index in [1.54, 1.807) is 0 Å². The van der Waals surface area contributed by atoms with E-state index < -0.39 is 0 Å². The molecule has 17 heavy (non-hydrogen) atoms. The summed E-state index contributed by atoms with van der Waals surface area (Å²) in [7, 11) is 0. The Labute approximate surface area is 102 Å². The van der Waals surface area contributed by atoms with E-state index in [-0.39, 0.29) is 0 Å². The van der Waals surface area contributed by atoms with Crippen LogP contribution in [0.4, 0.5) is 0 Å². The fourth-order valence-electron chi connectivity index (χ4n) is 2.29. The van der Waals surface area contributed by atoms with Gasteiger partial charge in [-0.2, -0.15) is 0 Å². The molecule has 0 heteroatoms. The van der Waals surface area contributed by atoms with Crippen LogP contribution in [-0.4, -0.2) is 0 Å². The Hall–Kier alpha value is -2.26. The lowest BCUT2D eigenvalue weighted by Gasteiger charge is -2.13. The molecule has 2 aromatic rings. The molecule has 0 aliphatic heterocycles. The highest BCUT2D eigenvalue weighted by atomic mass is 14.1. The second-order valence-electron chi connectivity index (χ2n) is 3.93. The Morgan fingerprint density at radius 2 is 1.65 bits per heavy atom. The van der Waals surface area contributed by atoms with E-state index in [2.05, 4.69) is 38.1 Å². The third kappa shape index (κ3) is 1.57. The molecule has 0 aliphatic rings. The summed E-state index contributed by atoms with van der Waals surface area (Å²) in [5.74, 6) is 2.77. The summed E-state index contributed by atoms with van der Waals surface area (Å²) >= 11 is 0. The molecule has 0 N–H and O–H groups in total. The molecule has 0 amide bonds. The number of terminal acetylenes is 1. The highest BCUT2D eigenvalue weighted by Gasteiger charge is 2.11. The van der Waals surface area contributed by atoms with Gasteiger partial charge in [-0.05, 0) is 34.4 Å². The van der Waals surface area contributed by atoms with Crippen LogP contribution in [0, 0.1) is 19.3 Å². The average Bonchev–Trinajstić information content (AvgIpc) is 2.38. The van der Waals surface area contributed by atoms with Gasteiger partial charge in [-0.3, -0.25) is 0 Å². The Kier molecular flexibility index (Phi) is 2.85. The molecule has 0 unspecified atom stereocenters. The van der Waals surface area contributed by atoms with Crippen LogP contribution < -0.4 is 0 Å². The molecular weight excluding hydrogens is 204 g/mol. The second kappa shape index (κ2) is 4.31. The summed E-state index contributed by atoms with van der Waals surface area (Å²) in [5, 5.41) is 2.29. The maximum absolute atomic E-state index is 5.63. The monoisotopic (exact) mass is 218 g/mol. The predicted molar refractivity (Wildman–Crippen MR) is 76.8 cm³/mol. The Bertz CT molecular complexity index is 652. The van der Waals surface area contributed by atoms with Crippen molar-refractivity contribution >= 4 is 22.9 Å². The van der Waals surface area contributed by atoms with Gasteiger partial charge in [0.1, 0.15) is 0 Å². The third-order valence-electron chi connectivity index (χ3n) is 3.12. The minimum atomic E-state index is 0.899. The van der Waals surface area contributed by atoms with Crippen molar-refractivity contribution in [2.75, 3.05) is 0 Å². The molecule has 0 spiro atoms. The van der Waals surface area contributed by atoms with Gasteiger partial charge in [0.05, 0.1) is 0 Å². The molecule has 0 fully saturated rings. The smallest absolute Gasteiger partial charge is 0.0399 e. The second-order valence-corrected chi connectivity index (χ2v) is 3.93. The number of hydrogen-bond donors (Lipinski definition) is 0. The van der Waals surface area contributed by atoms with Crippen LogP contribution in [0.3, 0.4) is 0 Å². The van der Waals surface area contributed by atoms with Gasteiger partial charge in [0.25, 0.3) is 0 Å². The van der Waals surface area contributed by atoms with E-state index in [4.69, 9.17) is 6.42 Å². The standard InChI is InChI=1S/C17H14/c1-5-13-12(4)16-10-8-9-11-17(16)15(7-3)14(13)6-2/h3,5-6,8-11H,1-2H2,4H3. The Balaban J connectivity index is 3.10. The van der Waals surface area contributed by atoms with Crippen molar-refractivity contribution in [3.05, 3.63) is 59.7 Å². The molecule has 0 aromatic heterocycles. The van der Waals surface area contributed by atoms with Crippen molar-refractivity contribution in [2.24, 2.45) is 0 Å². The lowest BCUT2D eigenvalue weighted by molar-refractivity contribution is 1.47. The van der Waals surface area contributed by atoms with Gasteiger partial charge < -0.3 is 0 Å². The summed E-state index contributed by atoms with van der Waals surface area (Å²) in [6.07, 6.45) is 9.29. The lowest BCUT2D eigenvalue weighted by Crippen LogP contribution is -1.94. The molecule has 0 radical (unpaired) electrons. The summed E-state index contributed by atoms with van der Waals surface area (Å²) in [6.45, 7) is 9.81. The van der Waals surface area contributed by atoms with E-state index in [0.717, 1.165) is 22.1 Å². The number of benzene rings is 2. The van der Waals surface area contributed by atoms with Crippen molar-refractivity contribution in [3.8, 4) is 12.3 Å². The maximum atomic E-state index is 5.63. The van der Waals surface area contributed by atoms with Crippen molar-refractivity contribution in [3.63, 3.8) is 0 Å². The first-order valence-electron chi connectivity index (χ1n) is 5.51. The van der Waals surface area contributed by atoms with Crippen LogP contribution in [0.1, 0.15) is 22.3 Å². The molecule has 0 aliphatic carbocycles. The van der Waals surface area contributed by atoms with Gasteiger partial charge in [-0.15, -0.1) is 6.42 Å². The minimum absolute atomic E-state index is 0.899. The van der Waals surface area contributed by atoms with Crippen LogP contribution in [0.25, 0.3) is 22.9 Å². The number of rotatable bonds is 2. The van der Waals surface area contributed by atoms with E-state index in [0.29, 0.717) is 0 Å². The fourth-order valence-corrected chi connectivity index (χ4v) is 2.29. The highest BCUT2D eigenvalue weighted by Crippen LogP contribution is 2.31. The molecule has 2 rings (SSSR count). The van der Waals surface area contributed by atoms with Crippen molar-refractivity contribution in [1.82, 2.24) is 0 Å². The van der Waals surface area contributed by atoms with Crippen molar-refractivity contribution < 1.29 is 0 Å². The number of hydrogen-bond acceptors (Lipinski definition) is 0. The third-order valence-corrected chi connectivity index (χ3v) is 3.12. The van der Waals surface area contributed by atoms with Crippen LogP contribution in [0.15, 0.2) is 37.4 Å². The first kappa shape index (κ1) is 11.2. The minimum Gasteiger partial charge on any atom is -0.115 e. The fraction of sp³-hybridized carbons (Fsp3) is 0.0588. The topological polar surface area (TPSA) is 0 Å². The van der Waals surface area contributed by atoms with E-state index in [1.165, 1.54) is 10.9 Å². The lowest BCUT2D eigenvalue weighted by atomic mass is 9.90. The van der Waals surface area contributed by atoms with E-state index >= 15 is 0 Å². The van der Waals surface area contributed by atoms with Crippen LogP contribution in [-0.2, 0) is 0 Å². The first-order valence-corrected chi connectivity index (χ1v) is 5.51. The highest BCUT2D eigenvalue weighted by molar-refractivity contribution is 5.97. The average molecular weight is 218 g/mol. The molecule has 0 saturated heterocycles. The molecule has 0 bridgehead atoms. The van der Waals surface area contributed by atoms with Crippen molar-refractivity contribution in [1.29, 1.82) is 0 Å². The van der Waals surface area contributed by atoms with Gasteiger partial charge in [-0.1, -0.05) is 55.5 Å². The molecule has 0 heterocycles. The quantitative estimate of drug-likeness (QED) is 0.655. The van der Waals surface area contributed by atoms with Crippen LogP contribution in [0.5, 0.6) is 0 Å². The SMILES string of the molecule is C#Cc1c(C=C)c(C=C)c(C)c2ccccc12. The van der Waals surface area contributed by atoms with Crippen molar-refractivity contribution in [2.45, 2.75) is 6.92 Å². The number of fused-ring (bicyclic) bond motifs is 1. The van der Waals surface area contributed by atoms with Crippen LogP contribution in [0.2, 0.25) is 0 Å². The molecular formula is C17H14. The molecule has 0 nitrogen and oxygen atoms in total. The Morgan fingerprint density at radius 3 is 2.18 bits per heavy atom. The first-order chi connectivity index (χ1) is 8.24. The Morgan fingerprint density at radius 1 is 1.06 bits per heavy atom. The van der Waals surface area contributed by atoms with E-state index in [1.807, 2.05) is 24.3 Å². The summed E-state index contributed by atoms with van der Waals surface area (Å²) < 4.78 is 0. The number of aryl methyl sites for hydroxylation is 1. The summed E-state index contributed by atoms with van der Waals surface area (Å²) in [5.41, 5.74) is 4.17.